The van der Waals surface area contributed by atoms with Crippen molar-refractivity contribution < 1.29 is 26.3 Å². The topological polar surface area (TPSA) is 99.0 Å². The number of rotatable bonds is 7. The summed E-state index contributed by atoms with van der Waals surface area (Å²) in [6, 6.07) is 10.3. The minimum absolute atomic E-state index is 0.157. The minimum atomic E-state index is -4.65. The molecule has 1 heterocycles. The van der Waals surface area contributed by atoms with E-state index in [4.69, 9.17) is 4.74 Å². The van der Waals surface area contributed by atoms with Crippen LogP contribution in [0.25, 0.3) is 5.69 Å². The van der Waals surface area contributed by atoms with E-state index >= 15 is 0 Å². The third kappa shape index (κ3) is 4.90. The molecular formula is C17H16F3N5O3S. The van der Waals surface area contributed by atoms with Crippen molar-refractivity contribution in [3.8, 4) is 11.4 Å². The average Bonchev–Trinajstić information content (AvgIpc) is 3.15. The number of nitrogens with one attached hydrogen (secondary N) is 1. The summed E-state index contributed by atoms with van der Waals surface area (Å²) in [4.78, 5) is -0.507. The first-order valence-electron chi connectivity index (χ1n) is 8.38. The maximum Gasteiger partial charge on any atom is 0.416 e. The molecule has 1 aromatic heterocycles. The summed E-state index contributed by atoms with van der Waals surface area (Å²) in [5.41, 5.74) is -0.494. The second-order valence-electron chi connectivity index (χ2n) is 5.78. The van der Waals surface area contributed by atoms with Gasteiger partial charge in [-0.1, -0.05) is 6.07 Å². The molecule has 2 aromatic carbocycles. The molecule has 29 heavy (non-hydrogen) atoms. The van der Waals surface area contributed by atoms with Crippen LogP contribution in [0.4, 0.5) is 13.2 Å². The van der Waals surface area contributed by atoms with Gasteiger partial charge < -0.3 is 4.74 Å². The Bertz CT molecular complexity index is 1080. The molecule has 0 saturated heterocycles. The molecular weight excluding hydrogens is 411 g/mol. The highest BCUT2D eigenvalue weighted by Crippen LogP contribution is 2.30. The Balaban J connectivity index is 1.78. The Kier molecular flexibility index (Phi) is 5.84. The molecule has 0 amide bonds. The molecule has 3 aromatic rings. The standard InChI is InChI=1S/C17H16F3N5O3S/c1-2-28-14-8-6-13(7-9-14)25-16(22-23-24-25)11-21-29(26,27)15-5-3-4-12(10-15)17(18,19)20/h3-10,21H,2,11H2,1H3. The highest BCUT2D eigenvalue weighted by molar-refractivity contribution is 7.89. The Hall–Kier alpha value is -2.99. The van der Waals surface area contributed by atoms with Crippen LogP contribution >= 0.6 is 0 Å². The summed E-state index contributed by atoms with van der Waals surface area (Å²) in [5, 5.41) is 11.1. The van der Waals surface area contributed by atoms with E-state index in [-0.39, 0.29) is 12.4 Å². The van der Waals surface area contributed by atoms with Gasteiger partial charge in [-0.3, -0.25) is 0 Å². The Morgan fingerprint density at radius 3 is 2.52 bits per heavy atom. The van der Waals surface area contributed by atoms with Crippen LogP contribution in [0.2, 0.25) is 0 Å². The molecule has 0 bridgehead atoms. The largest absolute Gasteiger partial charge is 0.494 e. The van der Waals surface area contributed by atoms with Gasteiger partial charge in [-0.2, -0.15) is 17.9 Å². The monoisotopic (exact) mass is 427 g/mol. The number of benzene rings is 2. The maximum absolute atomic E-state index is 12.8. The number of alkyl halides is 3. The molecule has 0 radical (unpaired) electrons. The van der Waals surface area contributed by atoms with E-state index in [1.165, 1.54) is 4.68 Å². The van der Waals surface area contributed by atoms with Gasteiger partial charge in [0, 0.05) is 0 Å². The summed E-state index contributed by atoms with van der Waals surface area (Å²) < 4.78 is 72.2. The molecule has 0 aliphatic heterocycles. The molecule has 0 unspecified atom stereocenters. The molecule has 154 valence electrons. The van der Waals surface area contributed by atoms with Gasteiger partial charge in [-0.15, -0.1) is 5.10 Å². The van der Waals surface area contributed by atoms with Gasteiger partial charge in [0.25, 0.3) is 0 Å². The summed E-state index contributed by atoms with van der Waals surface area (Å²) in [6.07, 6.45) is -4.65. The van der Waals surface area contributed by atoms with E-state index in [1.807, 2.05) is 6.92 Å². The second kappa shape index (κ2) is 8.17. The molecule has 0 atom stereocenters. The third-order valence-electron chi connectivity index (χ3n) is 3.82. The van der Waals surface area contributed by atoms with E-state index in [0.717, 1.165) is 18.2 Å². The zero-order chi connectivity index (χ0) is 21.1. The number of hydrogen-bond donors (Lipinski definition) is 1. The summed E-state index contributed by atoms with van der Waals surface area (Å²) >= 11 is 0. The van der Waals surface area contributed by atoms with Gasteiger partial charge in [-0.05, 0) is 59.8 Å². The van der Waals surface area contributed by atoms with Crippen molar-refractivity contribution in [2.24, 2.45) is 0 Å². The van der Waals surface area contributed by atoms with Crippen molar-refractivity contribution in [2.75, 3.05) is 6.61 Å². The number of nitrogens with zero attached hydrogens (tertiary/aromatic N) is 4. The highest BCUT2D eigenvalue weighted by Gasteiger charge is 2.31. The van der Waals surface area contributed by atoms with Crippen molar-refractivity contribution in [3.63, 3.8) is 0 Å². The van der Waals surface area contributed by atoms with Crippen LogP contribution in [0.3, 0.4) is 0 Å². The molecule has 1 N–H and O–H groups in total. The lowest BCUT2D eigenvalue weighted by Crippen LogP contribution is -2.25. The van der Waals surface area contributed by atoms with Gasteiger partial charge in [0.05, 0.1) is 29.3 Å². The average molecular weight is 427 g/mol. The predicted octanol–water partition coefficient (Wildman–Crippen LogP) is 2.56. The van der Waals surface area contributed by atoms with E-state index in [9.17, 15) is 21.6 Å². The second-order valence-corrected chi connectivity index (χ2v) is 7.55. The first kappa shape index (κ1) is 20.7. The van der Waals surface area contributed by atoms with E-state index in [2.05, 4.69) is 20.2 Å². The van der Waals surface area contributed by atoms with Crippen LogP contribution in [-0.2, 0) is 22.7 Å². The van der Waals surface area contributed by atoms with Gasteiger partial charge >= 0.3 is 6.18 Å². The zero-order valence-electron chi connectivity index (χ0n) is 15.1. The quantitative estimate of drug-likeness (QED) is 0.622. The normalized spacial score (nSPS) is 12.1. The Morgan fingerprint density at radius 2 is 1.86 bits per heavy atom. The van der Waals surface area contributed by atoms with Crippen LogP contribution < -0.4 is 9.46 Å². The van der Waals surface area contributed by atoms with Gasteiger partial charge in [0.15, 0.2) is 5.82 Å². The first-order chi connectivity index (χ1) is 13.7. The number of tetrazole rings is 1. The molecule has 0 saturated carbocycles. The number of sulfonamides is 1. The smallest absolute Gasteiger partial charge is 0.416 e. The molecule has 0 aliphatic carbocycles. The van der Waals surface area contributed by atoms with Crippen LogP contribution in [0.1, 0.15) is 18.3 Å². The Labute approximate surface area is 164 Å². The fourth-order valence-corrected chi connectivity index (χ4v) is 3.47. The van der Waals surface area contributed by atoms with Gasteiger partial charge in [-0.25, -0.2) is 13.1 Å². The zero-order valence-corrected chi connectivity index (χ0v) is 15.9. The van der Waals surface area contributed by atoms with Crippen molar-refractivity contribution in [2.45, 2.75) is 24.5 Å². The maximum atomic E-state index is 12.8. The van der Waals surface area contributed by atoms with Gasteiger partial charge in [0.1, 0.15) is 5.75 Å². The SMILES string of the molecule is CCOc1ccc(-n2nnnc2CNS(=O)(=O)c2cccc(C(F)(F)F)c2)cc1. The molecule has 0 fully saturated rings. The number of hydrogen-bond acceptors (Lipinski definition) is 6. The lowest BCUT2D eigenvalue weighted by molar-refractivity contribution is -0.137. The number of halogens is 3. The number of aromatic nitrogens is 4. The lowest BCUT2D eigenvalue weighted by atomic mass is 10.2. The van der Waals surface area contributed by atoms with Crippen LogP contribution in [0, 0.1) is 0 Å². The summed E-state index contributed by atoms with van der Waals surface area (Å²) in [7, 11) is -4.21. The van der Waals surface area contributed by atoms with Crippen molar-refractivity contribution in [1.29, 1.82) is 0 Å². The lowest BCUT2D eigenvalue weighted by Gasteiger charge is -2.10. The molecule has 0 spiro atoms. The Morgan fingerprint density at radius 1 is 1.14 bits per heavy atom. The van der Waals surface area contributed by atoms with E-state index in [0.29, 0.717) is 24.1 Å². The van der Waals surface area contributed by atoms with Crippen molar-refractivity contribution in [1.82, 2.24) is 24.9 Å². The van der Waals surface area contributed by atoms with Crippen LogP contribution in [0.15, 0.2) is 53.4 Å². The van der Waals surface area contributed by atoms with Gasteiger partial charge in [0.2, 0.25) is 10.0 Å². The summed E-state index contributed by atoms with van der Waals surface area (Å²) in [6.45, 7) is 2.04. The molecule has 12 heteroatoms. The van der Waals surface area contributed by atoms with Crippen LogP contribution in [0.5, 0.6) is 5.75 Å². The molecule has 0 aliphatic rings. The van der Waals surface area contributed by atoms with Crippen LogP contribution in [-0.4, -0.2) is 35.2 Å². The summed E-state index contributed by atoms with van der Waals surface area (Å²) in [5.74, 6) is 0.806. The first-order valence-corrected chi connectivity index (χ1v) is 9.86. The molecule has 3 rings (SSSR count). The van der Waals surface area contributed by atoms with E-state index < -0.39 is 26.7 Å². The fraction of sp³-hybridized carbons (Fsp3) is 0.235. The minimum Gasteiger partial charge on any atom is -0.494 e. The third-order valence-corrected chi connectivity index (χ3v) is 5.22. The fourth-order valence-electron chi connectivity index (χ4n) is 2.45. The predicted molar refractivity (Wildman–Crippen MR) is 95.8 cm³/mol. The molecule has 8 nitrogen and oxygen atoms in total. The highest BCUT2D eigenvalue weighted by atomic mass is 32.2. The number of ether oxygens (including phenoxy) is 1. The van der Waals surface area contributed by atoms with Crippen molar-refractivity contribution in [3.05, 3.63) is 59.9 Å². The van der Waals surface area contributed by atoms with Crippen molar-refractivity contribution >= 4 is 10.0 Å². The van der Waals surface area contributed by atoms with E-state index in [1.54, 1.807) is 24.3 Å².